The molecular weight excluding hydrogens is 420 g/mol. The van der Waals surface area contributed by atoms with E-state index in [0.29, 0.717) is 26.2 Å². The highest BCUT2D eigenvalue weighted by molar-refractivity contribution is 7.89. The molecule has 0 N–H and O–H groups in total. The van der Waals surface area contributed by atoms with Crippen molar-refractivity contribution in [3.8, 4) is 0 Å². The minimum absolute atomic E-state index is 0.134. The zero-order valence-corrected chi connectivity index (χ0v) is 18.3. The van der Waals surface area contributed by atoms with Crippen molar-refractivity contribution in [3.05, 3.63) is 70.8 Å². The van der Waals surface area contributed by atoms with Gasteiger partial charge in [0.05, 0.1) is 15.5 Å². The summed E-state index contributed by atoms with van der Waals surface area (Å²) in [4.78, 5) is 15.0. The van der Waals surface area contributed by atoms with Crippen LogP contribution >= 0.6 is 11.6 Å². The van der Waals surface area contributed by atoms with Crippen LogP contribution in [0.4, 0.5) is 0 Å². The highest BCUT2D eigenvalue weighted by Gasteiger charge is 2.28. The molecule has 1 fully saturated rings. The number of sulfonamides is 1. The molecule has 0 radical (unpaired) electrons. The fraction of sp³-hybridized carbons (Fsp3) is 0.348. The van der Waals surface area contributed by atoms with Gasteiger partial charge in [-0.15, -0.1) is 0 Å². The second-order valence-electron chi connectivity index (χ2n) is 7.70. The van der Waals surface area contributed by atoms with Gasteiger partial charge >= 0.3 is 0 Å². The van der Waals surface area contributed by atoms with E-state index in [1.807, 2.05) is 18.2 Å². The molecule has 30 heavy (non-hydrogen) atoms. The Balaban J connectivity index is 1.55. The SMILES string of the molecule is O=C(c1cc(S(=O)(=O)N2CCCCC2)ccc1Cl)N1CC=C(c2ccccc2)CC1. The summed E-state index contributed by atoms with van der Waals surface area (Å²) >= 11 is 6.30. The van der Waals surface area contributed by atoms with E-state index < -0.39 is 10.0 Å². The number of piperidine rings is 1. The largest absolute Gasteiger partial charge is 0.335 e. The molecule has 2 aliphatic heterocycles. The van der Waals surface area contributed by atoms with Crippen LogP contribution in [-0.4, -0.2) is 49.7 Å². The third-order valence-electron chi connectivity index (χ3n) is 5.76. The van der Waals surface area contributed by atoms with Gasteiger partial charge in [0, 0.05) is 26.2 Å². The van der Waals surface area contributed by atoms with E-state index in [0.717, 1.165) is 31.2 Å². The average molecular weight is 445 g/mol. The first-order valence-electron chi connectivity index (χ1n) is 10.3. The molecule has 0 atom stereocenters. The Morgan fingerprint density at radius 2 is 1.67 bits per heavy atom. The molecule has 1 saturated heterocycles. The lowest BCUT2D eigenvalue weighted by molar-refractivity contribution is 0.0773. The maximum atomic E-state index is 13.1. The lowest BCUT2D eigenvalue weighted by Gasteiger charge is -2.28. The smallest absolute Gasteiger partial charge is 0.255 e. The van der Waals surface area contributed by atoms with Crippen LogP contribution in [0, 0.1) is 0 Å². The Morgan fingerprint density at radius 1 is 0.933 bits per heavy atom. The first-order valence-corrected chi connectivity index (χ1v) is 12.1. The Kier molecular flexibility index (Phi) is 6.27. The minimum Gasteiger partial charge on any atom is -0.335 e. The fourth-order valence-corrected chi connectivity index (χ4v) is 5.76. The summed E-state index contributed by atoms with van der Waals surface area (Å²) in [6.07, 6.45) is 5.58. The Labute approximate surface area is 183 Å². The zero-order valence-electron chi connectivity index (χ0n) is 16.8. The number of hydrogen-bond acceptors (Lipinski definition) is 3. The van der Waals surface area contributed by atoms with E-state index in [9.17, 15) is 13.2 Å². The van der Waals surface area contributed by atoms with Crippen LogP contribution in [0.5, 0.6) is 0 Å². The van der Waals surface area contributed by atoms with Crippen molar-refractivity contribution in [1.29, 1.82) is 0 Å². The third-order valence-corrected chi connectivity index (χ3v) is 7.99. The Hall–Kier alpha value is -2.15. The molecule has 5 nitrogen and oxygen atoms in total. The predicted molar refractivity (Wildman–Crippen MR) is 119 cm³/mol. The van der Waals surface area contributed by atoms with Gasteiger partial charge in [-0.25, -0.2) is 8.42 Å². The van der Waals surface area contributed by atoms with E-state index in [2.05, 4.69) is 18.2 Å². The molecule has 0 saturated carbocycles. The summed E-state index contributed by atoms with van der Waals surface area (Å²) in [5.41, 5.74) is 2.62. The monoisotopic (exact) mass is 444 g/mol. The zero-order chi connectivity index (χ0) is 21.1. The summed E-state index contributed by atoms with van der Waals surface area (Å²) in [7, 11) is -3.62. The van der Waals surface area contributed by atoms with Crippen molar-refractivity contribution in [2.45, 2.75) is 30.6 Å². The number of halogens is 1. The summed E-state index contributed by atoms with van der Waals surface area (Å²) in [6.45, 7) is 2.09. The molecule has 2 aromatic carbocycles. The highest BCUT2D eigenvalue weighted by Crippen LogP contribution is 2.28. The first kappa shape index (κ1) is 21.1. The lowest BCUT2D eigenvalue weighted by Crippen LogP contribution is -2.36. The summed E-state index contributed by atoms with van der Waals surface area (Å²) in [6, 6.07) is 14.6. The molecule has 2 aliphatic rings. The van der Waals surface area contributed by atoms with Gasteiger partial charge in [0.1, 0.15) is 0 Å². The topological polar surface area (TPSA) is 57.7 Å². The molecule has 1 amide bonds. The molecule has 2 heterocycles. The summed E-state index contributed by atoms with van der Waals surface area (Å²) in [5.74, 6) is -0.237. The number of hydrogen-bond donors (Lipinski definition) is 0. The Bertz CT molecular complexity index is 1060. The number of carbonyl (C=O) groups excluding carboxylic acids is 1. The maximum absolute atomic E-state index is 13.1. The molecule has 2 aromatic rings. The van der Waals surface area contributed by atoms with Gasteiger partial charge < -0.3 is 4.90 Å². The van der Waals surface area contributed by atoms with Crippen molar-refractivity contribution in [2.75, 3.05) is 26.2 Å². The van der Waals surface area contributed by atoms with Crippen molar-refractivity contribution >= 4 is 33.1 Å². The van der Waals surface area contributed by atoms with Gasteiger partial charge in [0.25, 0.3) is 5.91 Å². The van der Waals surface area contributed by atoms with Gasteiger partial charge in [-0.1, -0.05) is 54.4 Å². The number of benzene rings is 2. The second kappa shape index (κ2) is 8.92. The molecule has 0 spiro atoms. The summed E-state index contributed by atoms with van der Waals surface area (Å²) < 4.78 is 27.5. The second-order valence-corrected chi connectivity index (χ2v) is 10.0. The van der Waals surface area contributed by atoms with Crippen molar-refractivity contribution in [2.24, 2.45) is 0 Å². The van der Waals surface area contributed by atoms with Crippen LogP contribution in [-0.2, 0) is 10.0 Å². The number of carbonyl (C=O) groups is 1. The van der Waals surface area contributed by atoms with Crippen LogP contribution in [0.1, 0.15) is 41.6 Å². The van der Waals surface area contributed by atoms with Crippen LogP contribution in [0.3, 0.4) is 0 Å². The minimum atomic E-state index is -3.62. The van der Waals surface area contributed by atoms with Gasteiger partial charge in [-0.3, -0.25) is 4.79 Å². The third kappa shape index (κ3) is 4.31. The van der Waals surface area contributed by atoms with Crippen LogP contribution in [0.15, 0.2) is 59.5 Å². The molecule has 0 unspecified atom stereocenters. The normalized spacial score (nSPS) is 18.2. The van der Waals surface area contributed by atoms with Crippen LogP contribution in [0.2, 0.25) is 5.02 Å². The quantitative estimate of drug-likeness (QED) is 0.700. The van der Waals surface area contributed by atoms with Gasteiger partial charge in [0.2, 0.25) is 10.0 Å². The van der Waals surface area contributed by atoms with E-state index >= 15 is 0 Å². The number of rotatable bonds is 4. The van der Waals surface area contributed by atoms with E-state index in [1.165, 1.54) is 28.1 Å². The number of nitrogens with zero attached hydrogens (tertiary/aromatic N) is 2. The molecule has 0 bridgehead atoms. The molecular formula is C23H25ClN2O3S. The first-order chi connectivity index (χ1) is 14.5. The van der Waals surface area contributed by atoms with Crippen molar-refractivity contribution < 1.29 is 13.2 Å². The van der Waals surface area contributed by atoms with Gasteiger partial charge in [0.15, 0.2) is 0 Å². The van der Waals surface area contributed by atoms with E-state index in [4.69, 9.17) is 11.6 Å². The molecule has 7 heteroatoms. The summed E-state index contributed by atoms with van der Waals surface area (Å²) in [5, 5.41) is 0.274. The van der Waals surface area contributed by atoms with Crippen molar-refractivity contribution in [1.82, 2.24) is 9.21 Å². The molecule has 0 aliphatic carbocycles. The van der Waals surface area contributed by atoms with E-state index in [1.54, 1.807) is 4.90 Å². The lowest BCUT2D eigenvalue weighted by atomic mass is 9.99. The fourth-order valence-electron chi connectivity index (χ4n) is 4.02. The standard InChI is InChI=1S/C23H25ClN2O3S/c24-22-10-9-20(30(28,29)26-13-5-2-6-14-26)17-21(22)23(27)25-15-11-19(12-16-25)18-7-3-1-4-8-18/h1,3-4,7-11,17H,2,5-6,12-16H2. The maximum Gasteiger partial charge on any atom is 0.255 e. The van der Waals surface area contributed by atoms with E-state index in [-0.39, 0.29) is 21.4 Å². The van der Waals surface area contributed by atoms with Gasteiger partial charge in [-0.2, -0.15) is 4.31 Å². The van der Waals surface area contributed by atoms with Crippen LogP contribution < -0.4 is 0 Å². The highest BCUT2D eigenvalue weighted by atomic mass is 35.5. The van der Waals surface area contributed by atoms with Gasteiger partial charge in [-0.05, 0) is 48.6 Å². The number of amides is 1. The Morgan fingerprint density at radius 3 is 2.33 bits per heavy atom. The molecule has 4 rings (SSSR count). The van der Waals surface area contributed by atoms with Crippen molar-refractivity contribution in [3.63, 3.8) is 0 Å². The molecule has 0 aromatic heterocycles. The molecule has 158 valence electrons. The average Bonchev–Trinajstić information content (AvgIpc) is 2.80. The predicted octanol–water partition coefficient (Wildman–Crippen LogP) is 4.44. The van der Waals surface area contributed by atoms with Crippen LogP contribution in [0.25, 0.3) is 5.57 Å².